The minimum atomic E-state index is -0.782. The van der Waals surface area contributed by atoms with E-state index in [1.807, 2.05) is 0 Å². The first-order chi connectivity index (χ1) is 34.0. The molecule has 0 N–H and O–H groups in total. The third-order valence-corrected chi connectivity index (χ3v) is 13.4. The van der Waals surface area contributed by atoms with E-state index in [9.17, 15) is 14.4 Å². The lowest BCUT2D eigenvalue weighted by molar-refractivity contribution is -0.167. The highest BCUT2D eigenvalue weighted by Crippen LogP contribution is 2.16. The number of rotatable bonds is 55. The molecule has 0 saturated heterocycles. The SMILES string of the molecule is CCCCCCC\C=C/C=C\C=C/CCCCCCCC(=O)OCC(COC(=O)CCCCCCCCCCCCCCCCCC)OC(=O)CCCCCCCCC/C=C\CCCCCCCC. The zero-order valence-electron chi connectivity index (χ0n) is 46.1. The maximum Gasteiger partial charge on any atom is 0.306 e. The minimum absolute atomic E-state index is 0.0783. The van der Waals surface area contributed by atoms with Gasteiger partial charge in [-0.1, -0.05) is 275 Å². The van der Waals surface area contributed by atoms with Crippen LogP contribution in [0.15, 0.2) is 48.6 Å². The van der Waals surface area contributed by atoms with Crippen molar-refractivity contribution in [2.75, 3.05) is 13.2 Å². The Balaban J connectivity index is 4.40. The molecule has 0 fully saturated rings. The van der Waals surface area contributed by atoms with Crippen molar-refractivity contribution < 1.29 is 28.6 Å². The molecule has 0 rings (SSSR count). The fourth-order valence-electron chi connectivity index (χ4n) is 8.79. The molecular formula is C63H114O6. The third-order valence-electron chi connectivity index (χ3n) is 13.4. The number of esters is 3. The standard InChI is InChI=1S/C63H114O6/c1-4-7-10-13-16-19-22-25-28-31-33-35-38-41-44-47-50-53-56-62(65)68-59-60(58-67-61(64)55-52-49-46-43-40-37-34-30-27-24-21-18-15-12-9-6-3)69-63(66)57-54-51-48-45-42-39-36-32-29-26-23-20-17-14-11-8-5-2/h22,25-26,28-29,31,33,35,60H,4-21,23-24,27,30,32,34,36-59H2,1-3H3/b25-22-,29-26-,31-28-,35-33-. The fourth-order valence-corrected chi connectivity index (χ4v) is 8.79. The van der Waals surface area contributed by atoms with Gasteiger partial charge in [0, 0.05) is 19.3 Å². The van der Waals surface area contributed by atoms with Crippen molar-refractivity contribution in [3.05, 3.63) is 48.6 Å². The smallest absolute Gasteiger partial charge is 0.306 e. The van der Waals surface area contributed by atoms with Crippen molar-refractivity contribution in [1.82, 2.24) is 0 Å². The molecule has 6 nitrogen and oxygen atoms in total. The summed E-state index contributed by atoms with van der Waals surface area (Å²) >= 11 is 0. The van der Waals surface area contributed by atoms with Gasteiger partial charge < -0.3 is 14.2 Å². The van der Waals surface area contributed by atoms with Gasteiger partial charge in [-0.15, -0.1) is 0 Å². The molecule has 0 aliphatic heterocycles. The first kappa shape index (κ1) is 66.4. The van der Waals surface area contributed by atoms with E-state index in [4.69, 9.17) is 14.2 Å². The average Bonchev–Trinajstić information content (AvgIpc) is 3.35. The van der Waals surface area contributed by atoms with Crippen LogP contribution in [0.25, 0.3) is 0 Å². The number of carbonyl (C=O) groups excluding carboxylic acids is 3. The normalized spacial score (nSPS) is 12.3. The second kappa shape index (κ2) is 57.9. The van der Waals surface area contributed by atoms with E-state index >= 15 is 0 Å². The van der Waals surface area contributed by atoms with Gasteiger partial charge in [-0.05, 0) is 70.6 Å². The molecule has 0 aromatic rings. The number of ether oxygens (including phenoxy) is 3. The van der Waals surface area contributed by atoms with Crippen molar-refractivity contribution in [3.8, 4) is 0 Å². The highest BCUT2D eigenvalue weighted by atomic mass is 16.6. The van der Waals surface area contributed by atoms with Gasteiger partial charge in [-0.3, -0.25) is 14.4 Å². The molecular weight excluding hydrogens is 853 g/mol. The van der Waals surface area contributed by atoms with Crippen LogP contribution >= 0.6 is 0 Å². The predicted octanol–water partition coefficient (Wildman–Crippen LogP) is 20.2. The lowest BCUT2D eigenvalue weighted by Crippen LogP contribution is -2.30. The molecule has 0 aromatic carbocycles. The van der Waals surface area contributed by atoms with Crippen LogP contribution in [-0.4, -0.2) is 37.2 Å². The molecule has 0 radical (unpaired) electrons. The van der Waals surface area contributed by atoms with Crippen LogP contribution in [0.5, 0.6) is 0 Å². The van der Waals surface area contributed by atoms with Crippen molar-refractivity contribution in [1.29, 1.82) is 0 Å². The molecule has 0 bridgehead atoms. The summed E-state index contributed by atoms with van der Waals surface area (Å²) in [5.41, 5.74) is 0. The Kier molecular flexibility index (Phi) is 55.7. The van der Waals surface area contributed by atoms with Crippen LogP contribution in [0.2, 0.25) is 0 Å². The minimum Gasteiger partial charge on any atom is -0.462 e. The van der Waals surface area contributed by atoms with E-state index < -0.39 is 6.10 Å². The van der Waals surface area contributed by atoms with E-state index in [1.54, 1.807) is 0 Å². The second-order valence-corrected chi connectivity index (χ2v) is 20.3. The van der Waals surface area contributed by atoms with E-state index in [0.29, 0.717) is 19.3 Å². The molecule has 0 aromatic heterocycles. The predicted molar refractivity (Wildman–Crippen MR) is 298 cm³/mol. The summed E-state index contributed by atoms with van der Waals surface area (Å²) in [5.74, 6) is -0.885. The fraction of sp³-hybridized carbons (Fsp3) is 0.825. The van der Waals surface area contributed by atoms with Crippen LogP contribution in [-0.2, 0) is 28.6 Å². The molecule has 0 aliphatic carbocycles. The lowest BCUT2D eigenvalue weighted by Gasteiger charge is -2.18. The van der Waals surface area contributed by atoms with Gasteiger partial charge in [-0.25, -0.2) is 0 Å². The summed E-state index contributed by atoms with van der Waals surface area (Å²) < 4.78 is 16.9. The Morgan fingerprint density at radius 2 is 0.536 bits per heavy atom. The molecule has 1 atom stereocenters. The van der Waals surface area contributed by atoms with Crippen molar-refractivity contribution in [3.63, 3.8) is 0 Å². The van der Waals surface area contributed by atoms with Gasteiger partial charge in [-0.2, -0.15) is 0 Å². The largest absolute Gasteiger partial charge is 0.462 e. The Labute approximate surface area is 428 Å². The molecule has 0 aliphatic rings. The van der Waals surface area contributed by atoms with Crippen LogP contribution in [0.4, 0.5) is 0 Å². The van der Waals surface area contributed by atoms with Crippen LogP contribution < -0.4 is 0 Å². The Hall–Kier alpha value is -2.63. The Morgan fingerprint density at radius 1 is 0.290 bits per heavy atom. The van der Waals surface area contributed by atoms with Crippen molar-refractivity contribution in [2.24, 2.45) is 0 Å². The Bertz CT molecular complexity index is 1200. The van der Waals surface area contributed by atoms with Gasteiger partial charge in [0.15, 0.2) is 6.10 Å². The summed E-state index contributed by atoms with van der Waals surface area (Å²) in [6.45, 7) is 6.64. The van der Waals surface area contributed by atoms with E-state index in [-0.39, 0.29) is 31.1 Å². The third kappa shape index (κ3) is 56.2. The lowest BCUT2D eigenvalue weighted by atomic mass is 10.0. The number of hydrogen-bond acceptors (Lipinski definition) is 6. The Morgan fingerprint density at radius 3 is 0.841 bits per heavy atom. The summed E-state index contributed by atoms with van der Waals surface area (Å²) in [6.07, 6.45) is 71.0. The van der Waals surface area contributed by atoms with E-state index in [2.05, 4.69) is 69.4 Å². The summed E-state index contributed by atoms with van der Waals surface area (Å²) in [5, 5.41) is 0. The quantitative estimate of drug-likeness (QED) is 0.0199. The van der Waals surface area contributed by atoms with E-state index in [1.165, 1.54) is 199 Å². The van der Waals surface area contributed by atoms with Crippen LogP contribution in [0.3, 0.4) is 0 Å². The molecule has 0 saturated carbocycles. The molecule has 402 valence electrons. The summed E-state index contributed by atoms with van der Waals surface area (Å²) in [7, 11) is 0. The zero-order valence-corrected chi connectivity index (χ0v) is 46.1. The summed E-state index contributed by atoms with van der Waals surface area (Å²) in [6, 6.07) is 0. The topological polar surface area (TPSA) is 78.9 Å². The monoisotopic (exact) mass is 967 g/mol. The van der Waals surface area contributed by atoms with Crippen molar-refractivity contribution >= 4 is 17.9 Å². The maximum atomic E-state index is 12.9. The highest BCUT2D eigenvalue weighted by Gasteiger charge is 2.19. The van der Waals surface area contributed by atoms with Gasteiger partial charge in [0.25, 0.3) is 0 Å². The molecule has 6 heteroatoms. The summed E-state index contributed by atoms with van der Waals surface area (Å²) in [4.78, 5) is 38.2. The van der Waals surface area contributed by atoms with Gasteiger partial charge in [0.1, 0.15) is 13.2 Å². The second-order valence-electron chi connectivity index (χ2n) is 20.3. The molecule has 1 unspecified atom stereocenters. The number of hydrogen-bond donors (Lipinski definition) is 0. The molecule has 0 amide bonds. The van der Waals surface area contributed by atoms with Crippen LogP contribution in [0.1, 0.15) is 316 Å². The maximum absolute atomic E-state index is 12.9. The molecule has 0 heterocycles. The average molecular weight is 968 g/mol. The number of unbranched alkanes of at least 4 members (excludes halogenated alkanes) is 38. The van der Waals surface area contributed by atoms with Gasteiger partial charge in [0.05, 0.1) is 0 Å². The van der Waals surface area contributed by atoms with E-state index in [0.717, 1.165) is 77.0 Å². The first-order valence-electron chi connectivity index (χ1n) is 30.2. The highest BCUT2D eigenvalue weighted by molar-refractivity contribution is 5.71. The van der Waals surface area contributed by atoms with Gasteiger partial charge in [0.2, 0.25) is 0 Å². The van der Waals surface area contributed by atoms with Gasteiger partial charge >= 0.3 is 17.9 Å². The number of allylic oxidation sites excluding steroid dienone is 8. The molecule has 69 heavy (non-hydrogen) atoms. The zero-order chi connectivity index (χ0) is 50.0. The van der Waals surface area contributed by atoms with Crippen LogP contribution in [0, 0.1) is 0 Å². The van der Waals surface area contributed by atoms with Crippen molar-refractivity contribution in [2.45, 2.75) is 322 Å². The first-order valence-corrected chi connectivity index (χ1v) is 30.2. The number of carbonyl (C=O) groups is 3. The molecule has 0 spiro atoms.